The van der Waals surface area contributed by atoms with Gasteiger partial charge in [-0.15, -0.1) is 0 Å². The Morgan fingerprint density at radius 3 is 2.50 bits per heavy atom. The lowest BCUT2D eigenvalue weighted by Crippen LogP contribution is -2.44. The highest BCUT2D eigenvalue weighted by Crippen LogP contribution is 2.37. The Balaban J connectivity index is 1.45. The molecule has 9 nitrogen and oxygen atoms in total. The van der Waals surface area contributed by atoms with Crippen LogP contribution in [0.25, 0.3) is 0 Å². The highest BCUT2D eigenvalue weighted by Gasteiger charge is 2.37. The van der Waals surface area contributed by atoms with Crippen molar-refractivity contribution in [1.82, 2.24) is 9.27 Å². The van der Waals surface area contributed by atoms with E-state index in [1.807, 2.05) is 13.0 Å². The molecule has 1 amide bonds. The van der Waals surface area contributed by atoms with Crippen molar-refractivity contribution in [3.8, 4) is 0 Å². The molecular weight excluding hydrogens is 498 g/mol. The zero-order valence-corrected chi connectivity index (χ0v) is 21.6. The van der Waals surface area contributed by atoms with Gasteiger partial charge in [-0.2, -0.15) is 4.37 Å². The Morgan fingerprint density at radius 2 is 1.92 bits per heavy atom. The van der Waals surface area contributed by atoms with Crippen LogP contribution in [0.5, 0.6) is 0 Å². The highest BCUT2D eigenvalue weighted by atomic mass is 32.2. The molecule has 2 heterocycles. The summed E-state index contributed by atoms with van der Waals surface area (Å²) in [6.07, 6.45) is 2.35. The van der Waals surface area contributed by atoms with E-state index >= 15 is 0 Å². The average Bonchev–Trinajstić information content (AvgIpc) is 3.32. The molecule has 1 aromatic heterocycles. The van der Waals surface area contributed by atoms with Crippen molar-refractivity contribution < 1.29 is 18.3 Å². The predicted molar refractivity (Wildman–Crippen MR) is 143 cm³/mol. The van der Waals surface area contributed by atoms with E-state index in [-0.39, 0.29) is 16.5 Å². The first-order valence-electron chi connectivity index (χ1n) is 11.3. The molecule has 4 rings (SSSR count). The van der Waals surface area contributed by atoms with E-state index in [1.54, 1.807) is 48.2 Å². The summed E-state index contributed by atoms with van der Waals surface area (Å²) < 4.78 is 32.9. The molecule has 2 N–H and O–H groups in total. The molecule has 0 bridgehead atoms. The zero-order chi connectivity index (χ0) is 25.9. The molecule has 0 unspecified atom stereocenters. The Hall–Kier alpha value is -3.41. The van der Waals surface area contributed by atoms with Gasteiger partial charge < -0.3 is 10.0 Å². The number of sulfonamides is 1. The lowest BCUT2D eigenvalue weighted by atomic mass is 9.89. The van der Waals surface area contributed by atoms with E-state index in [1.165, 1.54) is 23.8 Å². The van der Waals surface area contributed by atoms with Crippen molar-refractivity contribution in [3.05, 3.63) is 64.7 Å². The summed E-state index contributed by atoms with van der Waals surface area (Å²) >= 11 is 1.30. The van der Waals surface area contributed by atoms with Crippen LogP contribution in [-0.4, -0.2) is 54.7 Å². The lowest BCUT2D eigenvalue weighted by molar-refractivity contribution is -0.0183. The molecule has 0 spiro atoms. The number of carbonyl (C=O) groups is 1. The fourth-order valence-electron chi connectivity index (χ4n) is 4.10. The minimum atomic E-state index is -3.97. The topological polar surface area (TPSA) is 124 Å². The van der Waals surface area contributed by atoms with Gasteiger partial charge in [0.25, 0.3) is 15.9 Å². The zero-order valence-electron chi connectivity index (χ0n) is 20.0. The van der Waals surface area contributed by atoms with Gasteiger partial charge in [-0.25, -0.2) is 8.42 Å². The molecule has 11 heteroatoms. The summed E-state index contributed by atoms with van der Waals surface area (Å²) in [5.41, 5.74) is 1.21. The number of likely N-dealkylation sites (tertiary alicyclic amines) is 1. The van der Waals surface area contributed by atoms with Gasteiger partial charge in [0.15, 0.2) is 0 Å². The van der Waals surface area contributed by atoms with Gasteiger partial charge in [0.05, 0.1) is 16.3 Å². The quantitative estimate of drug-likeness (QED) is 0.442. The summed E-state index contributed by atoms with van der Waals surface area (Å²) in [4.78, 5) is 23.5. The maximum Gasteiger partial charge on any atom is 0.264 e. The first-order chi connectivity index (χ1) is 17.2. The third kappa shape index (κ3) is 5.23. The number of aromatic nitrogens is 1. The molecule has 0 aliphatic carbocycles. The Kier molecular flexibility index (Phi) is 7.34. The fraction of sp³-hybridized carbons (Fsp3) is 0.280. The number of anilines is 1. The van der Waals surface area contributed by atoms with Gasteiger partial charge >= 0.3 is 0 Å². The van der Waals surface area contributed by atoms with Crippen LogP contribution in [0.4, 0.5) is 17.1 Å². The van der Waals surface area contributed by atoms with Crippen LogP contribution >= 0.6 is 11.5 Å². The Labute approximate surface area is 214 Å². The van der Waals surface area contributed by atoms with E-state index in [4.69, 9.17) is 0 Å². The number of para-hydroxylation sites is 1. The molecule has 1 saturated heterocycles. The molecule has 1 fully saturated rings. The number of hydrogen-bond acceptors (Lipinski definition) is 8. The molecule has 0 saturated carbocycles. The van der Waals surface area contributed by atoms with E-state index < -0.39 is 15.6 Å². The normalized spacial score (nSPS) is 15.7. The number of nitrogens with zero attached hydrogens (tertiary/aromatic N) is 4. The SMILES string of the molecule is C=Nc1cccc(S(=O)(=O)Nc2ccc(C(=O)N3CCC(O)(c4cc(C)ns4)CC3)cc2)c1N=CC. The molecule has 36 heavy (non-hydrogen) atoms. The van der Waals surface area contributed by atoms with E-state index in [0.29, 0.717) is 42.9 Å². The standard InChI is InChI=1S/C25H27N5O4S2/c1-4-27-23-20(26-3)6-5-7-21(23)36(33,34)29-19-10-8-18(9-11-19)24(31)30-14-12-25(32,13-15-30)22-16-17(2)28-35-22/h4-11,16,29,32H,3,12-15H2,1-2H3. The molecule has 1 aliphatic heterocycles. The molecule has 0 radical (unpaired) electrons. The molecule has 3 aromatic rings. The van der Waals surface area contributed by atoms with E-state index in [2.05, 4.69) is 25.8 Å². The number of nitrogens with one attached hydrogen (secondary N) is 1. The maximum atomic E-state index is 13.1. The van der Waals surface area contributed by atoms with Crippen molar-refractivity contribution >= 4 is 57.5 Å². The summed E-state index contributed by atoms with van der Waals surface area (Å²) in [7, 11) is -3.97. The molecule has 1 aliphatic rings. The lowest BCUT2D eigenvalue weighted by Gasteiger charge is -2.37. The van der Waals surface area contributed by atoms with Gasteiger partial charge in [-0.05, 0) is 87.4 Å². The van der Waals surface area contributed by atoms with Crippen LogP contribution in [0.1, 0.15) is 40.7 Å². The van der Waals surface area contributed by atoms with Crippen LogP contribution in [-0.2, 0) is 15.6 Å². The largest absolute Gasteiger partial charge is 0.384 e. The van der Waals surface area contributed by atoms with E-state index in [9.17, 15) is 18.3 Å². The third-order valence-electron chi connectivity index (χ3n) is 6.04. The smallest absolute Gasteiger partial charge is 0.264 e. The van der Waals surface area contributed by atoms with Crippen molar-refractivity contribution in [2.75, 3.05) is 17.8 Å². The van der Waals surface area contributed by atoms with Crippen LogP contribution in [0.2, 0.25) is 0 Å². The number of carbonyl (C=O) groups excluding carboxylic acids is 1. The van der Waals surface area contributed by atoms with Crippen LogP contribution in [0.3, 0.4) is 0 Å². The minimum Gasteiger partial charge on any atom is -0.384 e. The molecule has 188 valence electrons. The van der Waals surface area contributed by atoms with Crippen molar-refractivity contribution in [2.24, 2.45) is 9.98 Å². The summed E-state index contributed by atoms with van der Waals surface area (Å²) in [6.45, 7) is 7.87. The molecule has 2 aromatic carbocycles. The van der Waals surface area contributed by atoms with Crippen LogP contribution in [0, 0.1) is 6.92 Å². The van der Waals surface area contributed by atoms with Crippen LogP contribution in [0.15, 0.2) is 63.4 Å². The average molecular weight is 526 g/mol. The second-order valence-electron chi connectivity index (χ2n) is 8.51. The van der Waals surface area contributed by atoms with Crippen LogP contribution < -0.4 is 4.72 Å². The molecule has 0 atom stereocenters. The Morgan fingerprint density at radius 1 is 1.22 bits per heavy atom. The molecular formula is C25H27N5O4S2. The minimum absolute atomic E-state index is 0.0254. The van der Waals surface area contributed by atoms with Crippen molar-refractivity contribution in [1.29, 1.82) is 0 Å². The summed E-state index contributed by atoms with van der Waals surface area (Å²) in [6, 6.07) is 12.8. The number of aliphatic hydroxyl groups is 1. The number of piperidine rings is 1. The maximum absolute atomic E-state index is 13.1. The van der Waals surface area contributed by atoms with Gasteiger partial charge in [0.1, 0.15) is 16.2 Å². The Bertz CT molecular complexity index is 1410. The second kappa shape index (κ2) is 10.3. The monoisotopic (exact) mass is 525 g/mol. The summed E-state index contributed by atoms with van der Waals surface area (Å²) in [5, 5.41) is 11.0. The first kappa shape index (κ1) is 25.7. The number of hydrogen-bond donors (Lipinski definition) is 2. The predicted octanol–water partition coefficient (Wildman–Crippen LogP) is 4.43. The van der Waals surface area contributed by atoms with Crippen molar-refractivity contribution in [2.45, 2.75) is 37.2 Å². The van der Waals surface area contributed by atoms with Gasteiger partial charge in [0.2, 0.25) is 0 Å². The van der Waals surface area contributed by atoms with Gasteiger partial charge in [-0.3, -0.25) is 19.5 Å². The van der Waals surface area contributed by atoms with Gasteiger partial charge in [0, 0.05) is 30.6 Å². The number of aryl methyl sites for hydroxylation is 1. The number of benzene rings is 2. The first-order valence-corrected chi connectivity index (χ1v) is 13.6. The number of amides is 1. The van der Waals surface area contributed by atoms with Gasteiger partial charge in [-0.1, -0.05) is 6.07 Å². The summed E-state index contributed by atoms with van der Waals surface area (Å²) in [5.74, 6) is -0.170. The fourth-order valence-corrected chi connectivity index (χ4v) is 6.21. The van der Waals surface area contributed by atoms with E-state index in [0.717, 1.165) is 10.6 Å². The second-order valence-corrected chi connectivity index (χ2v) is 11.0. The number of aliphatic imine (C=N–C) groups is 2. The third-order valence-corrected chi connectivity index (χ3v) is 8.53. The highest BCUT2D eigenvalue weighted by molar-refractivity contribution is 7.92. The number of rotatable bonds is 7. The van der Waals surface area contributed by atoms with Crippen molar-refractivity contribution in [3.63, 3.8) is 0 Å².